The summed E-state index contributed by atoms with van der Waals surface area (Å²) in [7, 11) is 1.83. The van der Waals surface area contributed by atoms with Crippen molar-refractivity contribution in [3.63, 3.8) is 0 Å². The maximum atomic E-state index is 13.5. The number of nitrogens with zero attached hydrogens (tertiary/aromatic N) is 3. The van der Waals surface area contributed by atoms with Crippen molar-refractivity contribution >= 4 is 16.8 Å². The van der Waals surface area contributed by atoms with Crippen LogP contribution in [0, 0.1) is 11.3 Å². The van der Waals surface area contributed by atoms with Gasteiger partial charge >= 0.3 is 0 Å². The Kier molecular flexibility index (Phi) is 7.17. The van der Waals surface area contributed by atoms with Crippen LogP contribution in [0.1, 0.15) is 65.7 Å². The van der Waals surface area contributed by atoms with Gasteiger partial charge in [0.25, 0.3) is 5.56 Å². The minimum atomic E-state index is -0.304. The molecule has 2 unspecified atom stereocenters. The first-order valence-corrected chi connectivity index (χ1v) is 11.4. The van der Waals surface area contributed by atoms with Gasteiger partial charge in [-0.25, -0.2) is 4.98 Å². The molecule has 1 aromatic heterocycles. The monoisotopic (exact) mass is 433 g/mol. The van der Waals surface area contributed by atoms with Crippen molar-refractivity contribution in [2.45, 2.75) is 59.9 Å². The summed E-state index contributed by atoms with van der Waals surface area (Å²) in [5.41, 5.74) is 1.47. The van der Waals surface area contributed by atoms with Crippen LogP contribution in [0.5, 0.6) is 0 Å². The molecule has 0 saturated carbocycles. The number of aromatic nitrogens is 2. The Hall–Kier alpha value is -2.95. The lowest BCUT2D eigenvalue weighted by Gasteiger charge is -2.31. The van der Waals surface area contributed by atoms with E-state index in [2.05, 4.69) is 27.7 Å². The molecule has 0 bridgehead atoms. The van der Waals surface area contributed by atoms with E-state index < -0.39 is 0 Å². The summed E-state index contributed by atoms with van der Waals surface area (Å²) in [6, 6.07) is 16.6. The minimum absolute atomic E-state index is 0.0793. The molecule has 1 amide bonds. The van der Waals surface area contributed by atoms with Gasteiger partial charge in [-0.05, 0) is 48.4 Å². The topological polar surface area (TPSA) is 55.2 Å². The standard InChI is InChI=1S/C27H35N3O2/c1-7-23(29(6)24(31)17-19(2)18-27(3,4)5)25-28-22-16-12-11-15-21(22)26(32)30(25)20-13-9-8-10-14-20/h8-16,19,23H,7,17-18H2,1-6H3. The van der Waals surface area contributed by atoms with Crippen molar-refractivity contribution in [3.05, 3.63) is 70.8 Å². The summed E-state index contributed by atoms with van der Waals surface area (Å²) in [6.45, 7) is 10.8. The van der Waals surface area contributed by atoms with Gasteiger partial charge in [-0.3, -0.25) is 14.2 Å². The van der Waals surface area contributed by atoms with Gasteiger partial charge in [0.05, 0.1) is 22.6 Å². The van der Waals surface area contributed by atoms with Crippen LogP contribution in [0.3, 0.4) is 0 Å². The van der Waals surface area contributed by atoms with Crippen LogP contribution < -0.4 is 5.56 Å². The van der Waals surface area contributed by atoms with Gasteiger partial charge in [0, 0.05) is 13.5 Å². The quantitative estimate of drug-likeness (QED) is 0.476. The zero-order valence-corrected chi connectivity index (χ0v) is 20.1. The summed E-state index contributed by atoms with van der Waals surface area (Å²) in [5, 5.41) is 0.572. The molecule has 0 spiro atoms. The molecule has 32 heavy (non-hydrogen) atoms. The third kappa shape index (κ3) is 5.26. The van der Waals surface area contributed by atoms with Crippen LogP contribution in [0.15, 0.2) is 59.4 Å². The van der Waals surface area contributed by atoms with Crippen molar-refractivity contribution in [1.29, 1.82) is 0 Å². The van der Waals surface area contributed by atoms with Gasteiger partial charge in [0.2, 0.25) is 5.91 Å². The number of carbonyl (C=O) groups excluding carboxylic acids is 1. The third-order valence-electron chi connectivity index (χ3n) is 5.85. The van der Waals surface area contributed by atoms with E-state index in [-0.39, 0.29) is 28.8 Å². The van der Waals surface area contributed by atoms with E-state index in [0.29, 0.717) is 29.6 Å². The molecule has 2 aromatic carbocycles. The van der Waals surface area contributed by atoms with Gasteiger partial charge < -0.3 is 4.90 Å². The van der Waals surface area contributed by atoms with Crippen LogP contribution in [0.4, 0.5) is 0 Å². The fourth-order valence-electron chi connectivity index (χ4n) is 4.56. The van der Waals surface area contributed by atoms with Crippen LogP contribution in [0.25, 0.3) is 16.6 Å². The van der Waals surface area contributed by atoms with Crippen molar-refractivity contribution in [1.82, 2.24) is 14.5 Å². The molecule has 5 nitrogen and oxygen atoms in total. The molecule has 0 saturated heterocycles. The summed E-state index contributed by atoms with van der Waals surface area (Å²) < 4.78 is 1.67. The van der Waals surface area contributed by atoms with Gasteiger partial charge in [0.1, 0.15) is 5.82 Å². The lowest BCUT2D eigenvalue weighted by atomic mass is 9.84. The molecule has 0 aliphatic carbocycles. The summed E-state index contributed by atoms with van der Waals surface area (Å²) >= 11 is 0. The lowest BCUT2D eigenvalue weighted by Crippen LogP contribution is -2.36. The zero-order valence-electron chi connectivity index (χ0n) is 20.1. The summed E-state index contributed by atoms with van der Waals surface area (Å²) in [6.07, 6.45) is 2.12. The number of para-hydroxylation sites is 2. The zero-order chi connectivity index (χ0) is 23.5. The molecule has 0 aliphatic heterocycles. The molecular weight excluding hydrogens is 398 g/mol. The molecule has 2 atom stereocenters. The fourth-order valence-corrected chi connectivity index (χ4v) is 4.56. The van der Waals surface area contributed by atoms with Crippen LogP contribution in [-0.4, -0.2) is 27.4 Å². The molecule has 1 heterocycles. The Bertz CT molecular complexity index is 1130. The molecule has 0 aliphatic rings. The van der Waals surface area contributed by atoms with E-state index >= 15 is 0 Å². The van der Waals surface area contributed by atoms with Gasteiger partial charge in [0.15, 0.2) is 0 Å². The highest BCUT2D eigenvalue weighted by Gasteiger charge is 2.28. The summed E-state index contributed by atoms with van der Waals surface area (Å²) in [5.74, 6) is 0.959. The number of amides is 1. The Morgan fingerprint density at radius 2 is 1.69 bits per heavy atom. The third-order valence-corrected chi connectivity index (χ3v) is 5.85. The predicted molar refractivity (Wildman–Crippen MR) is 131 cm³/mol. The Labute approximate surface area is 191 Å². The van der Waals surface area contributed by atoms with E-state index in [9.17, 15) is 9.59 Å². The molecule has 170 valence electrons. The van der Waals surface area contributed by atoms with Crippen LogP contribution in [0.2, 0.25) is 0 Å². The van der Waals surface area contributed by atoms with Gasteiger partial charge in [-0.15, -0.1) is 0 Å². The SMILES string of the molecule is CCC(c1nc2ccccc2c(=O)n1-c1ccccc1)N(C)C(=O)CC(C)CC(C)(C)C. The van der Waals surface area contributed by atoms with Crippen molar-refractivity contribution < 1.29 is 4.79 Å². The Morgan fingerprint density at radius 3 is 2.31 bits per heavy atom. The van der Waals surface area contributed by atoms with Crippen LogP contribution in [-0.2, 0) is 4.79 Å². The molecular formula is C27H35N3O2. The van der Waals surface area contributed by atoms with Crippen molar-refractivity contribution in [2.75, 3.05) is 7.05 Å². The number of benzene rings is 2. The molecule has 0 radical (unpaired) electrons. The number of hydrogen-bond acceptors (Lipinski definition) is 3. The fraction of sp³-hybridized carbons (Fsp3) is 0.444. The van der Waals surface area contributed by atoms with Crippen LogP contribution >= 0.6 is 0 Å². The minimum Gasteiger partial charge on any atom is -0.336 e. The molecule has 3 rings (SSSR count). The van der Waals surface area contributed by atoms with E-state index in [1.54, 1.807) is 15.5 Å². The number of hydrogen-bond donors (Lipinski definition) is 0. The van der Waals surface area contributed by atoms with Crippen molar-refractivity contribution in [3.8, 4) is 5.69 Å². The molecule has 0 fully saturated rings. The largest absolute Gasteiger partial charge is 0.336 e. The summed E-state index contributed by atoms with van der Waals surface area (Å²) in [4.78, 5) is 33.4. The molecule has 0 N–H and O–H groups in total. The second-order valence-corrected chi connectivity index (χ2v) is 9.97. The smallest absolute Gasteiger partial charge is 0.266 e. The predicted octanol–water partition coefficient (Wildman–Crippen LogP) is 5.76. The second kappa shape index (κ2) is 9.68. The van der Waals surface area contributed by atoms with E-state index in [1.807, 2.05) is 62.5 Å². The first-order valence-electron chi connectivity index (χ1n) is 11.4. The van der Waals surface area contributed by atoms with Gasteiger partial charge in [-0.2, -0.15) is 0 Å². The normalized spacial score (nSPS) is 13.7. The Balaban J connectivity index is 2.06. The van der Waals surface area contributed by atoms with E-state index in [4.69, 9.17) is 4.98 Å². The average Bonchev–Trinajstić information content (AvgIpc) is 2.73. The second-order valence-electron chi connectivity index (χ2n) is 9.97. The first kappa shape index (κ1) is 23.7. The highest BCUT2D eigenvalue weighted by atomic mass is 16.2. The maximum absolute atomic E-state index is 13.5. The number of carbonyl (C=O) groups is 1. The average molecular weight is 434 g/mol. The van der Waals surface area contributed by atoms with Crippen molar-refractivity contribution in [2.24, 2.45) is 11.3 Å². The molecule has 3 aromatic rings. The maximum Gasteiger partial charge on any atom is 0.266 e. The first-order chi connectivity index (χ1) is 15.1. The molecule has 5 heteroatoms. The van der Waals surface area contributed by atoms with Gasteiger partial charge in [-0.1, -0.05) is 65.0 Å². The lowest BCUT2D eigenvalue weighted by molar-refractivity contribution is -0.133. The van der Waals surface area contributed by atoms with E-state index in [1.165, 1.54) is 0 Å². The number of rotatable bonds is 7. The number of fused-ring (bicyclic) bond motifs is 1. The highest BCUT2D eigenvalue weighted by Crippen LogP contribution is 2.29. The Morgan fingerprint density at radius 1 is 1.06 bits per heavy atom. The highest BCUT2D eigenvalue weighted by molar-refractivity contribution is 5.79. The van der Waals surface area contributed by atoms with E-state index in [0.717, 1.165) is 12.1 Å².